The zero-order valence-corrected chi connectivity index (χ0v) is 22.9. The maximum Gasteiger partial charge on any atom is 0.226 e. The van der Waals surface area contributed by atoms with Crippen LogP contribution in [0.5, 0.6) is 11.5 Å². The van der Waals surface area contributed by atoms with Crippen molar-refractivity contribution in [1.29, 1.82) is 0 Å². The second-order valence-corrected chi connectivity index (χ2v) is 10.2. The molecule has 0 spiro atoms. The van der Waals surface area contributed by atoms with Crippen LogP contribution in [-0.2, 0) is 11.2 Å². The number of carbonyl (C=O) groups excluding carboxylic acids is 1. The van der Waals surface area contributed by atoms with Gasteiger partial charge in [-0.05, 0) is 83.3 Å². The second-order valence-electron chi connectivity index (χ2n) is 10.2. The van der Waals surface area contributed by atoms with Gasteiger partial charge in [0, 0.05) is 36.6 Å². The van der Waals surface area contributed by atoms with Gasteiger partial charge in [-0.1, -0.05) is 32.8 Å². The molecule has 6 heteroatoms. The Morgan fingerprint density at radius 3 is 2.58 bits per heavy atom. The third-order valence-electron chi connectivity index (χ3n) is 7.33. The summed E-state index contributed by atoms with van der Waals surface area (Å²) in [6, 6.07) is 10.2. The lowest BCUT2D eigenvalue weighted by Gasteiger charge is -2.29. The van der Waals surface area contributed by atoms with Crippen molar-refractivity contribution >= 4 is 5.91 Å². The number of rotatable bonds is 13. The monoisotopic (exact) mass is 497 g/mol. The van der Waals surface area contributed by atoms with E-state index in [1.54, 1.807) is 0 Å². The van der Waals surface area contributed by atoms with Gasteiger partial charge >= 0.3 is 0 Å². The predicted molar refractivity (Wildman–Crippen MR) is 149 cm³/mol. The zero-order valence-electron chi connectivity index (χ0n) is 22.9. The maximum atomic E-state index is 12.6. The van der Waals surface area contributed by atoms with Crippen LogP contribution in [0.15, 0.2) is 36.5 Å². The van der Waals surface area contributed by atoms with Crippen molar-refractivity contribution in [3.05, 3.63) is 42.2 Å². The summed E-state index contributed by atoms with van der Waals surface area (Å²) >= 11 is 0. The van der Waals surface area contributed by atoms with Crippen LogP contribution in [-0.4, -0.2) is 55.2 Å². The smallest absolute Gasteiger partial charge is 0.226 e. The number of likely N-dealkylation sites (tertiary alicyclic amines) is 1. The zero-order chi connectivity index (χ0) is 25.9. The highest BCUT2D eigenvalue weighted by molar-refractivity contribution is 5.78. The molecule has 6 nitrogen and oxygen atoms in total. The van der Waals surface area contributed by atoms with Crippen LogP contribution in [0.4, 0.5) is 0 Å². The fourth-order valence-electron chi connectivity index (χ4n) is 5.01. The largest absolute Gasteiger partial charge is 0.494 e. The Hall–Kier alpha value is -2.60. The van der Waals surface area contributed by atoms with Gasteiger partial charge < -0.3 is 19.7 Å². The van der Waals surface area contributed by atoms with Gasteiger partial charge in [-0.2, -0.15) is 0 Å². The number of piperidine rings is 1. The van der Waals surface area contributed by atoms with Crippen molar-refractivity contribution in [3.8, 4) is 22.6 Å². The van der Waals surface area contributed by atoms with E-state index in [9.17, 15) is 4.79 Å². The number of aromatic nitrogens is 1. The minimum Gasteiger partial charge on any atom is -0.494 e. The van der Waals surface area contributed by atoms with Crippen molar-refractivity contribution in [3.63, 3.8) is 0 Å². The highest BCUT2D eigenvalue weighted by atomic mass is 16.5. The van der Waals surface area contributed by atoms with Crippen molar-refractivity contribution in [2.45, 2.75) is 72.3 Å². The van der Waals surface area contributed by atoms with E-state index in [0.29, 0.717) is 25.0 Å². The van der Waals surface area contributed by atoms with Gasteiger partial charge in [0.15, 0.2) is 0 Å². The van der Waals surface area contributed by atoms with Gasteiger partial charge in [-0.15, -0.1) is 0 Å². The summed E-state index contributed by atoms with van der Waals surface area (Å²) in [7, 11) is 2.18. The molecule has 0 saturated carbocycles. The standard InChI is InChI=1S/C30H45N3O3.H2/c1-6-9-24(7-2)22(4)32-30(34)18-26-11-10-25(20-31-26)28-13-12-27(35-8-3)19-29(28)36-21-23-14-16-33(5)17-15-23;/h10-13,19-20,22-24H,6-9,14-18,21H2,1-5H3,(H,32,34);1H/t22-,24?;/m1./s1. The topological polar surface area (TPSA) is 63.7 Å². The van der Waals surface area contributed by atoms with E-state index in [2.05, 4.69) is 43.0 Å². The Morgan fingerprint density at radius 1 is 1.17 bits per heavy atom. The third-order valence-corrected chi connectivity index (χ3v) is 7.33. The van der Waals surface area contributed by atoms with E-state index in [1.165, 1.54) is 0 Å². The third kappa shape index (κ3) is 8.22. The van der Waals surface area contributed by atoms with Gasteiger partial charge in [0.25, 0.3) is 0 Å². The number of hydrogen-bond donors (Lipinski definition) is 1. The second kappa shape index (κ2) is 14.2. The van der Waals surface area contributed by atoms with E-state index in [0.717, 1.165) is 73.5 Å². The molecule has 1 unspecified atom stereocenters. The lowest BCUT2D eigenvalue weighted by Crippen LogP contribution is -2.38. The van der Waals surface area contributed by atoms with E-state index >= 15 is 0 Å². The Morgan fingerprint density at radius 2 is 1.94 bits per heavy atom. The summed E-state index contributed by atoms with van der Waals surface area (Å²) in [6.07, 6.45) is 7.79. The Balaban J connectivity index is 0.00000481. The summed E-state index contributed by atoms with van der Waals surface area (Å²) in [5.74, 6) is 2.74. The number of benzene rings is 1. The van der Waals surface area contributed by atoms with Gasteiger partial charge in [0.05, 0.1) is 19.6 Å². The quantitative estimate of drug-likeness (QED) is 0.368. The van der Waals surface area contributed by atoms with E-state index in [-0.39, 0.29) is 19.8 Å². The van der Waals surface area contributed by atoms with Crippen LogP contribution in [0.1, 0.15) is 66.9 Å². The van der Waals surface area contributed by atoms with Crippen LogP contribution in [0, 0.1) is 11.8 Å². The number of pyridine rings is 1. The molecule has 1 amide bonds. The molecule has 2 aromatic rings. The Labute approximate surface area is 219 Å². The molecule has 1 aromatic carbocycles. The average molecular weight is 498 g/mol. The SMILES string of the molecule is CCCC(CC)[C@@H](C)NC(=O)Cc1ccc(-c2ccc(OCC)cc2OCC2CCN(C)CC2)cn1.[HH]. The molecule has 3 rings (SSSR count). The number of nitrogens with one attached hydrogen (secondary N) is 1. The van der Waals surface area contributed by atoms with Crippen molar-refractivity contribution in [2.24, 2.45) is 11.8 Å². The first-order chi connectivity index (χ1) is 17.4. The first-order valence-corrected chi connectivity index (χ1v) is 13.8. The number of ether oxygens (including phenoxy) is 2. The van der Waals surface area contributed by atoms with Gasteiger partial charge in [0.2, 0.25) is 5.91 Å². The summed E-state index contributed by atoms with van der Waals surface area (Å²) < 4.78 is 12.1. The highest BCUT2D eigenvalue weighted by Gasteiger charge is 2.19. The predicted octanol–water partition coefficient (Wildman–Crippen LogP) is 5.99. The molecule has 1 saturated heterocycles. The Kier molecular flexibility index (Phi) is 11.1. The molecule has 1 N–H and O–H groups in total. The molecule has 0 aliphatic carbocycles. The molecular weight excluding hydrogens is 450 g/mol. The molecule has 1 fully saturated rings. The van der Waals surface area contributed by atoms with E-state index in [4.69, 9.17) is 9.47 Å². The molecule has 36 heavy (non-hydrogen) atoms. The summed E-state index contributed by atoms with van der Waals surface area (Å²) in [5, 5.41) is 3.17. The molecule has 1 aromatic heterocycles. The summed E-state index contributed by atoms with van der Waals surface area (Å²) in [4.78, 5) is 19.6. The maximum absolute atomic E-state index is 12.6. The number of amides is 1. The number of hydrogen-bond acceptors (Lipinski definition) is 5. The van der Waals surface area contributed by atoms with Crippen LogP contribution in [0.3, 0.4) is 0 Å². The van der Waals surface area contributed by atoms with Crippen molar-refractivity contribution < 1.29 is 15.7 Å². The molecular formula is C30H47N3O3. The average Bonchev–Trinajstić information content (AvgIpc) is 2.87. The highest BCUT2D eigenvalue weighted by Crippen LogP contribution is 2.34. The van der Waals surface area contributed by atoms with E-state index in [1.807, 2.05) is 43.5 Å². The normalized spacial score (nSPS) is 16.4. The summed E-state index contributed by atoms with van der Waals surface area (Å²) in [5.41, 5.74) is 2.74. The number of nitrogens with zero attached hydrogens (tertiary/aromatic N) is 2. The molecule has 1 aliphatic heterocycles. The minimum absolute atomic E-state index is 0. The lowest BCUT2D eigenvalue weighted by molar-refractivity contribution is -0.121. The van der Waals surface area contributed by atoms with Gasteiger partial charge in [-0.3, -0.25) is 9.78 Å². The summed E-state index contributed by atoms with van der Waals surface area (Å²) in [6.45, 7) is 12.0. The van der Waals surface area contributed by atoms with E-state index < -0.39 is 0 Å². The molecule has 0 radical (unpaired) electrons. The van der Waals surface area contributed by atoms with Gasteiger partial charge in [0.1, 0.15) is 11.5 Å². The van der Waals surface area contributed by atoms with Crippen LogP contribution in [0.25, 0.3) is 11.1 Å². The number of carbonyl (C=O) groups is 1. The molecule has 200 valence electrons. The molecule has 2 atom stereocenters. The molecule has 2 heterocycles. The van der Waals surface area contributed by atoms with Crippen LogP contribution < -0.4 is 14.8 Å². The van der Waals surface area contributed by atoms with Gasteiger partial charge in [-0.25, -0.2) is 0 Å². The van der Waals surface area contributed by atoms with Crippen molar-refractivity contribution in [1.82, 2.24) is 15.2 Å². The lowest BCUT2D eigenvalue weighted by atomic mass is 9.93. The first-order valence-electron chi connectivity index (χ1n) is 13.8. The van der Waals surface area contributed by atoms with Crippen molar-refractivity contribution in [2.75, 3.05) is 33.4 Å². The first kappa shape index (κ1) is 28.0. The molecule has 1 aliphatic rings. The minimum atomic E-state index is 0. The van der Waals surface area contributed by atoms with Crippen LogP contribution >= 0.6 is 0 Å². The van der Waals surface area contributed by atoms with Crippen LogP contribution in [0.2, 0.25) is 0 Å². The fourth-order valence-corrected chi connectivity index (χ4v) is 5.01. The molecule has 0 bridgehead atoms. The Bertz CT molecular complexity index is 946. The fraction of sp³-hybridized carbons (Fsp3) is 0.600.